The summed E-state index contributed by atoms with van der Waals surface area (Å²) in [4.78, 5) is 13.6. The second kappa shape index (κ2) is 9.31. The Labute approximate surface area is 182 Å². The van der Waals surface area contributed by atoms with Crippen LogP contribution in [0.4, 0.5) is 5.69 Å². The van der Waals surface area contributed by atoms with Crippen molar-refractivity contribution in [2.75, 3.05) is 11.1 Å². The topological polar surface area (TPSA) is 59.8 Å². The molecule has 0 saturated heterocycles. The number of aryl methyl sites for hydroxylation is 1. The van der Waals surface area contributed by atoms with Crippen molar-refractivity contribution in [2.24, 2.45) is 0 Å². The Kier molecular flexibility index (Phi) is 7.04. The molecule has 28 heavy (non-hydrogen) atoms. The molecular formula is C19H20Cl2N4OS2. The van der Waals surface area contributed by atoms with Crippen LogP contribution in [0.15, 0.2) is 28.7 Å². The van der Waals surface area contributed by atoms with Gasteiger partial charge in [-0.2, -0.15) is 0 Å². The van der Waals surface area contributed by atoms with Crippen molar-refractivity contribution < 1.29 is 4.79 Å². The molecule has 0 aliphatic rings. The number of nitrogens with one attached hydrogen (secondary N) is 1. The lowest BCUT2D eigenvalue weighted by molar-refractivity contribution is -0.113. The summed E-state index contributed by atoms with van der Waals surface area (Å²) in [6, 6.07) is 4.96. The highest BCUT2D eigenvalue weighted by molar-refractivity contribution is 7.99. The molecule has 0 radical (unpaired) electrons. The number of carbonyl (C=O) groups is 1. The number of carbonyl (C=O) groups excluding carboxylic acids is 1. The zero-order valence-corrected chi connectivity index (χ0v) is 18.9. The van der Waals surface area contributed by atoms with E-state index in [1.807, 2.05) is 11.5 Å². The zero-order chi connectivity index (χ0) is 20.3. The van der Waals surface area contributed by atoms with E-state index < -0.39 is 0 Å². The van der Waals surface area contributed by atoms with Gasteiger partial charge in [0.1, 0.15) is 0 Å². The first-order valence-electron chi connectivity index (χ1n) is 8.82. The summed E-state index contributed by atoms with van der Waals surface area (Å²) in [5, 5.41) is 15.3. The molecule has 0 bridgehead atoms. The van der Waals surface area contributed by atoms with Gasteiger partial charge in [0, 0.05) is 27.4 Å². The number of aromatic nitrogens is 3. The molecule has 3 rings (SSSR count). The van der Waals surface area contributed by atoms with Crippen molar-refractivity contribution in [2.45, 2.75) is 38.9 Å². The lowest BCUT2D eigenvalue weighted by Crippen LogP contribution is -2.15. The highest BCUT2D eigenvalue weighted by Crippen LogP contribution is 2.32. The zero-order valence-electron chi connectivity index (χ0n) is 15.8. The third-order valence-corrected chi connectivity index (χ3v) is 6.75. The minimum Gasteiger partial charge on any atom is -0.324 e. The van der Waals surface area contributed by atoms with E-state index in [0.717, 1.165) is 29.5 Å². The molecule has 1 aromatic carbocycles. The molecular weight excluding hydrogens is 435 g/mol. The van der Waals surface area contributed by atoms with Gasteiger partial charge in [0.25, 0.3) is 0 Å². The van der Waals surface area contributed by atoms with E-state index in [4.69, 9.17) is 23.2 Å². The number of anilines is 1. The van der Waals surface area contributed by atoms with Gasteiger partial charge in [0.05, 0.1) is 16.5 Å². The Morgan fingerprint density at radius 3 is 2.79 bits per heavy atom. The summed E-state index contributed by atoms with van der Waals surface area (Å²) in [5.74, 6) is 0.871. The fourth-order valence-electron chi connectivity index (χ4n) is 2.90. The third kappa shape index (κ3) is 4.54. The van der Waals surface area contributed by atoms with Crippen LogP contribution >= 0.6 is 46.3 Å². The highest BCUT2D eigenvalue weighted by atomic mass is 35.5. The predicted molar refractivity (Wildman–Crippen MR) is 119 cm³/mol. The molecule has 0 atom stereocenters. The number of nitrogens with zero attached hydrogens (tertiary/aromatic N) is 3. The molecule has 0 fully saturated rings. The Morgan fingerprint density at radius 2 is 2.07 bits per heavy atom. The van der Waals surface area contributed by atoms with Crippen LogP contribution in [-0.4, -0.2) is 26.4 Å². The van der Waals surface area contributed by atoms with Gasteiger partial charge in [-0.15, -0.1) is 21.5 Å². The SMILES string of the molecule is CCc1c(-c2nnc(SCC(=O)Nc3cc(Cl)ccc3Cl)n2CC)csc1C. The van der Waals surface area contributed by atoms with Gasteiger partial charge in [-0.25, -0.2) is 0 Å². The average molecular weight is 455 g/mol. The second-order valence-corrected chi connectivity index (χ2v) is 8.92. The van der Waals surface area contributed by atoms with Crippen molar-refractivity contribution in [1.82, 2.24) is 14.8 Å². The third-order valence-electron chi connectivity index (χ3n) is 4.27. The Hall–Kier alpha value is -1.54. The van der Waals surface area contributed by atoms with Crippen LogP contribution in [-0.2, 0) is 17.8 Å². The van der Waals surface area contributed by atoms with Crippen LogP contribution in [0.5, 0.6) is 0 Å². The quantitative estimate of drug-likeness (QED) is 0.449. The molecule has 0 aliphatic heterocycles. The molecule has 2 aromatic heterocycles. The van der Waals surface area contributed by atoms with E-state index in [1.54, 1.807) is 29.5 Å². The first kappa shape index (κ1) is 21.2. The fraction of sp³-hybridized carbons (Fsp3) is 0.316. The standard InChI is InChI=1S/C19H20Cl2N4OS2/c1-4-13-11(3)27-9-14(13)18-23-24-19(25(18)5-2)28-10-17(26)22-16-8-12(20)6-7-15(16)21/h6-9H,4-5,10H2,1-3H3,(H,22,26). The first-order chi connectivity index (χ1) is 13.4. The molecule has 148 valence electrons. The number of thioether (sulfide) groups is 1. The molecule has 0 aliphatic carbocycles. The van der Waals surface area contributed by atoms with E-state index in [9.17, 15) is 4.79 Å². The number of hydrogen-bond donors (Lipinski definition) is 1. The Morgan fingerprint density at radius 1 is 1.29 bits per heavy atom. The number of amides is 1. The molecule has 2 heterocycles. The van der Waals surface area contributed by atoms with Gasteiger partial charge < -0.3 is 9.88 Å². The normalized spacial score (nSPS) is 11.0. The number of thiophene rings is 1. The molecule has 9 heteroatoms. The van der Waals surface area contributed by atoms with Gasteiger partial charge in [-0.1, -0.05) is 41.9 Å². The van der Waals surface area contributed by atoms with Gasteiger partial charge in [-0.3, -0.25) is 4.79 Å². The maximum Gasteiger partial charge on any atom is 0.234 e. The van der Waals surface area contributed by atoms with Gasteiger partial charge in [-0.05, 0) is 44.0 Å². The van der Waals surface area contributed by atoms with Crippen LogP contribution in [0.25, 0.3) is 11.4 Å². The smallest absolute Gasteiger partial charge is 0.234 e. The van der Waals surface area contributed by atoms with E-state index in [1.165, 1.54) is 22.2 Å². The predicted octanol–water partition coefficient (Wildman–Crippen LogP) is 5.93. The van der Waals surface area contributed by atoms with E-state index >= 15 is 0 Å². The maximum absolute atomic E-state index is 12.3. The molecule has 0 saturated carbocycles. The van der Waals surface area contributed by atoms with Crippen LogP contribution < -0.4 is 5.32 Å². The van der Waals surface area contributed by atoms with Crippen LogP contribution in [0.2, 0.25) is 10.0 Å². The maximum atomic E-state index is 12.3. The van der Waals surface area contributed by atoms with Gasteiger partial charge in [0.15, 0.2) is 11.0 Å². The minimum atomic E-state index is -0.179. The summed E-state index contributed by atoms with van der Waals surface area (Å²) < 4.78 is 2.05. The summed E-state index contributed by atoms with van der Waals surface area (Å²) in [5.41, 5.74) is 2.93. The highest BCUT2D eigenvalue weighted by Gasteiger charge is 2.19. The fourth-order valence-corrected chi connectivity index (χ4v) is 4.97. The largest absolute Gasteiger partial charge is 0.324 e. The van der Waals surface area contributed by atoms with Crippen molar-refractivity contribution >= 4 is 57.9 Å². The van der Waals surface area contributed by atoms with E-state index in [2.05, 4.69) is 34.7 Å². The van der Waals surface area contributed by atoms with Crippen LogP contribution in [0.3, 0.4) is 0 Å². The molecule has 0 spiro atoms. The van der Waals surface area contributed by atoms with Gasteiger partial charge >= 0.3 is 0 Å². The molecule has 3 aromatic rings. The van der Waals surface area contributed by atoms with Crippen LogP contribution in [0, 0.1) is 6.92 Å². The summed E-state index contributed by atoms with van der Waals surface area (Å²) in [6.45, 7) is 7.05. The summed E-state index contributed by atoms with van der Waals surface area (Å²) in [7, 11) is 0. The van der Waals surface area contributed by atoms with Crippen molar-refractivity contribution in [1.29, 1.82) is 0 Å². The lowest BCUT2D eigenvalue weighted by Gasteiger charge is -2.09. The summed E-state index contributed by atoms with van der Waals surface area (Å²) >= 11 is 15.1. The number of rotatable bonds is 7. The van der Waals surface area contributed by atoms with Crippen molar-refractivity contribution in [3.8, 4) is 11.4 Å². The Balaban J connectivity index is 1.74. The lowest BCUT2D eigenvalue weighted by atomic mass is 10.1. The van der Waals surface area contributed by atoms with Crippen molar-refractivity contribution in [3.05, 3.63) is 44.1 Å². The Bertz CT molecular complexity index is 1000. The summed E-state index contributed by atoms with van der Waals surface area (Å²) in [6.07, 6.45) is 0.951. The molecule has 5 nitrogen and oxygen atoms in total. The molecule has 1 N–H and O–H groups in total. The minimum absolute atomic E-state index is 0.179. The first-order valence-corrected chi connectivity index (χ1v) is 11.4. The van der Waals surface area contributed by atoms with Crippen molar-refractivity contribution in [3.63, 3.8) is 0 Å². The number of halogens is 2. The van der Waals surface area contributed by atoms with E-state index in [0.29, 0.717) is 15.7 Å². The second-order valence-electron chi connectivity index (χ2n) is 6.05. The molecule has 0 unspecified atom stereocenters. The number of benzene rings is 1. The van der Waals surface area contributed by atoms with Gasteiger partial charge in [0.2, 0.25) is 5.91 Å². The number of hydrogen-bond acceptors (Lipinski definition) is 5. The average Bonchev–Trinajstić information content (AvgIpc) is 3.25. The monoisotopic (exact) mass is 454 g/mol. The van der Waals surface area contributed by atoms with E-state index in [-0.39, 0.29) is 11.7 Å². The molecule has 1 amide bonds. The van der Waals surface area contributed by atoms with Crippen LogP contribution in [0.1, 0.15) is 24.3 Å².